The van der Waals surface area contributed by atoms with Gasteiger partial charge in [0.25, 0.3) is 0 Å². The number of nitrogens with zero attached hydrogens (tertiary/aromatic N) is 2. The van der Waals surface area contributed by atoms with Gasteiger partial charge in [-0.1, -0.05) is 12.1 Å². The molecule has 0 amide bonds. The maximum absolute atomic E-state index is 5.61. The molecule has 3 heterocycles. The zero-order chi connectivity index (χ0) is 11.9. The molecule has 0 bridgehead atoms. The summed E-state index contributed by atoms with van der Waals surface area (Å²) in [7, 11) is 0. The van der Waals surface area contributed by atoms with Crippen molar-refractivity contribution >= 4 is 27.9 Å². The number of ether oxygens (including phenoxy) is 1. The summed E-state index contributed by atoms with van der Waals surface area (Å²) in [5.41, 5.74) is 3.06. The van der Waals surface area contributed by atoms with E-state index >= 15 is 0 Å². The first-order valence-corrected chi connectivity index (χ1v) is 5.89. The summed E-state index contributed by atoms with van der Waals surface area (Å²) in [5, 5.41) is 2.24. The largest absolute Gasteiger partial charge is 0.487 e. The number of rotatable bonds is 0. The Bertz CT molecular complexity index is 793. The topological polar surface area (TPSA) is 35.0 Å². The number of pyridine rings is 2. The van der Waals surface area contributed by atoms with Crippen molar-refractivity contribution in [3.8, 4) is 5.75 Å². The SMILES string of the molecule is C1=Cc2c(cnc3ccc4ncccc4c23)OC1. The Morgan fingerprint density at radius 3 is 3.00 bits per heavy atom. The van der Waals surface area contributed by atoms with Crippen LogP contribution in [0.15, 0.2) is 42.7 Å². The highest BCUT2D eigenvalue weighted by atomic mass is 16.5. The van der Waals surface area contributed by atoms with Crippen molar-refractivity contribution in [1.82, 2.24) is 9.97 Å². The summed E-state index contributed by atoms with van der Waals surface area (Å²) in [5.74, 6) is 0.848. The maximum atomic E-state index is 5.61. The lowest BCUT2D eigenvalue weighted by molar-refractivity contribution is 0.358. The van der Waals surface area contributed by atoms with Crippen LogP contribution in [0.4, 0.5) is 0 Å². The van der Waals surface area contributed by atoms with Crippen LogP contribution in [0.3, 0.4) is 0 Å². The minimum Gasteiger partial charge on any atom is -0.487 e. The Labute approximate surface area is 104 Å². The van der Waals surface area contributed by atoms with Crippen molar-refractivity contribution in [1.29, 1.82) is 0 Å². The number of aromatic nitrogens is 2. The van der Waals surface area contributed by atoms with Crippen LogP contribution in [-0.4, -0.2) is 16.6 Å². The van der Waals surface area contributed by atoms with Gasteiger partial charge in [0, 0.05) is 22.5 Å². The zero-order valence-electron chi connectivity index (χ0n) is 9.63. The van der Waals surface area contributed by atoms with Crippen LogP contribution >= 0.6 is 0 Å². The lowest BCUT2D eigenvalue weighted by atomic mass is 10.0. The van der Waals surface area contributed by atoms with Gasteiger partial charge >= 0.3 is 0 Å². The van der Waals surface area contributed by atoms with E-state index in [-0.39, 0.29) is 0 Å². The van der Waals surface area contributed by atoms with Gasteiger partial charge in [-0.15, -0.1) is 0 Å². The first kappa shape index (κ1) is 9.59. The fourth-order valence-electron chi connectivity index (χ4n) is 2.44. The van der Waals surface area contributed by atoms with E-state index in [9.17, 15) is 0 Å². The monoisotopic (exact) mass is 234 g/mol. The van der Waals surface area contributed by atoms with Crippen LogP contribution in [0.1, 0.15) is 5.56 Å². The van der Waals surface area contributed by atoms with Gasteiger partial charge in [0.2, 0.25) is 0 Å². The van der Waals surface area contributed by atoms with E-state index in [1.165, 1.54) is 0 Å². The van der Waals surface area contributed by atoms with E-state index in [2.05, 4.69) is 22.1 Å². The van der Waals surface area contributed by atoms with Gasteiger partial charge in [-0.05, 0) is 24.3 Å². The molecule has 0 saturated carbocycles. The van der Waals surface area contributed by atoms with Gasteiger partial charge in [-0.25, -0.2) is 0 Å². The minimum atomic E-state index is 0.614. The fourth-order valence-corrected chi connectivity index (χ4v) is 2.44. The Kier molecular flexibility index (Phi) is 1.88. The molecule has 0 unspecified atom stereocenters. The number of benzene rings is 1. The van der Waals surface area contributed by atoms with E-state index in [1.807, 2.05) is 30.5 Å². The molecule has 4 rings (SSSR count). The highest BCUT2D eigenvalue weighted by Gasteiger charge is 2.13. The van der Waals surface area contributed by atoms with Crippen LogP contribution in [0.25, 0.3) is 27.9 Å². The standard InChI is InChI=1S/C15H10N2O/c1-3-10-12(16-7-1)5-6-13-15(10)11-4-2-8-18-14(11)9-17-13/h1-7,9H,8H2. The molecule has 2 aromatic heterocycles. The molecule has 86 valence electrons. The highest BCUT2D eigenvalue weighted by Crippen LogP contribution is 2.33. The first-order chi connectivity index (χ1) is 8.93. The van der Waals surface area contributed by atoms with Gasteiger partial charge in [0.05, 0.1) is 17.2 Å². The predicted octanol–water partition coefficient (Wildman–Crippen LogP) is 3.19. The van der Waals surface area contributed by atoms with Gasteiger partial charge in [0.1, 0.15) is 12.4 Å². The summed E-state index contributed by atoms with van der Waals surface area (Å²) in [6, 6.07) is 8.04. The predicted molar refractivity (Wildman–Crippen MR) is 71.6 cm³/mol. The van der Waals surface area contributed by atoms with Gasteiger partial charge in [-0.3, -0.25) is 9.97 Å². The molecule has 0 atom stereocenters. The van der Waals surface area contributed by atoms with E-state index in [1.54, 1.807) is 6.20 Å². The van der Waals surface area contributed by atoms with Gasteiger partial charge < -0.3 is 4.74 Å². The summed E-state index contributed by atoms with van der Waals surface area (Å²) in [6.45, 7) is 0.614. The van der Waals surface area contributed by atoms with Gasteiger partial charge in [-0.2, -0.15) is 0 Å². The Balaban J connectivity index is 2.26. The lowest BCUT2D eigenvalue weighted by Gasteiger charge is -2.14. The number of hydrogen-bond acceptors (Lipinski definition) is 3. The Morgan fingerprint density at radius 2 is 2.00 bits per heavy atom. The molecule has 3 aromatic rings. The number of hydrogen-bond donors (Lipinski definition) is 0. The first-order valence-electron chi connectivity index (χ1n) is 5.89. The summed E-state index contributed by atoms with van der Waals surface area (Å²) in [6.07, 6.45) is 7.74. The summed E-state index contributed by atoms with van der Waals surface area (Å²) in [4.78, 5) is 8.85. The highest BCUT2D eigenvalue weighted by molar-refractivity contribution is 6.09. The smallest absolute Gasteiger partial charge is 0.145 e. The zero-order valence-corrected chi connectivity index (χ0v) is 9.63. The Hall–Kier alpha value is -2.42. The van der Waals surface area contributed by atoms with E-state index in [0.717, 1.165) is 33.1 Å². The molecule has 0 aliphatic carbocycles. The van der Waals surface area contributed by atoms with Crippen LogP contribution in [-0.2, 0) is 0 Å². The van der Waals surface area contributed by atoms with Crippen LogP contribution in [0.2, 0.25) is 0 Å². The second kappa shape index (κ2) is 3.53. The lowest BCUT2D eigenvalue weighted by Crippen LogP contribution is -2.01. The third kappa shape index (κ3) is 1.24. The minimum absolute atomic E-state index is 0.614. The molecular formula is C15H10N2O. The van der Waals surface area contributed by atoms with Crippen LogP contribution < -0.4 is 4.74 Å². The molecule has 0 fully saturated rings. The van der Waals surface area contributed by atoms with Crippen molar-refractivity contribution in [2.75, 3.05) is 6.61 Å². The van der Waals surface area contributed by atoms with Crippen molar-refractivity contribution < 1.29 is 4.74 Å². The second-order valence-corrected chi connectivity index (χ2v) is 4.28. The maximum Gasteiger partial charge on any atom is 0.145 e. The van der Waals surface area contributed by atoms with Crippen molar-refractivity contribution in [3.63, 3.8) is 0 Å². The molecule has 1 aromatic carbocycles. The van der Waals surface area contributed by atoms with E-state index in [0.29, 0.717) is 6.61 Å². The molecule has 1 aliphatic heterocycles. The van der Waals surface area contributed by atoms with Crippen LogP contribution in [0.5, 0.6) is 5.75 Å². The third-order valence-corrected chi connectivity index (χ3v) is 3.24. The molecular weight excluding hydrogens is 224 g/mol. The van der Waals surface area contributed by atoms with Crippen molar-refractivity contribution in [2.45, 2.75) is 0 Å². The fraction of sp³-hybridized carbons (Fsp3) is 0.0667. The normalized spacial score (nSPS) is 13.6. The number of fused-ring (bicyclic) bond motifs is 5. The Morgan fingerprint density at radius 1 is 1.06 bits per heavy atom. The average Bonchev–Trinajstić information content (AvgIpc) is 2.46. The quantitative estimate of drug-likeness (QED) is 0.560. The molecule has 3 heteroatoms. The van der Waals surface area contributed by atoms with E-state index in [4.69, 9.17) is 4.74 Å². The van der Waals surface area contributed by atoms with Crippen molar-refractivity contribution in [3.05, 3.63) is 48.3 Å². The van der Waals surface area contributed by atoms with Gasteiger partial charge in [0.15, 0.2) is 0 Å². The van der Waals surface area contributed by atoms with Crippen molar-refractivity contribution in [2.24, 2.45) is 0 Å². The summed E-state index contributed by atoms with van der Waals surface area (Å²) >= 11 is 0. The molecule has 3 nitrogen and oxygen atoms in total. The molecule has 18 heavy (non-hydrogen) atoms. The third-order valence-electron chi connectivity index (χ3n) is 3.24. The molecule has 0 saturated heterocycles. The average molecular weight is 234 g/mol. The van der Waals surface area contributed by atoms with Crippen LogP contribution in [0, 0.1) is 0 Å². The summed E-state index contributed by atoms with van der Waals surface area (Å²) < 4.78 is 5.61. The molecule has 0 radical (unpaired) electrons. The molecule has 0 spiro atoms. The second-order valence-electron chi connectivity index (χ2n) is 4.28. The van der Waals surface area contributed by atoms with E-state index < -0.39 is 0 Å². The molecule has 0 N–H and O–H groups in total. The molecule has 1 aliphatic rings.